The van der Waals surface area contributed by atoms with Crippen LogP contribution in [-0.4, -0.2) is 10.7 Å². The maximum absolute atomic E-state index is 8.46. The zero-order valence-corrected chi connectivity index (χ0v) is 12.7. The van der Waals surface area contributed by atoms with Crippen LogP contribution < -0.4 is 5.73 Å². The molecule has 0 fully saturated rings. The molecule has 0 atom stereocenters. The van der Waals surface area contributed by atoms with E-state index in [-0.39, 0.29) is 5.41 Å². The van der Waals surface area contributed by atoms with Gasteiger partial charge >= 0.3 is 0 Å². The van der Waals surface area contributed by atoms with Crippen LogP contribution in [0.1, 0.15) is 38.7 Å². The first-order chi connectivity index (χ1) is 9.46. The summed E-state index contributed by atoms with van der Waals surface area (Å²) in [6, 6.07) is 6.01. The summed E-state index contributed by atoms with van der Waals surface area (Å²) in [4.78, 5) is 4.28. The zero-order chi connectivity index (χ0) is 14.3. The zero-order valence-electron chi connectivity index (χ0n) is 11.9. The topological polar surface area (TPSA) is 62.8 Å². The van der Waals surface area contributed by atoms with Gasteiger partial charge in [-0.15, -0.1) is 11.3 Å². The average molecular weight is 285 g/mol. The molecule has 104 valence electrons. The number of hydrogen-bond acceptors (Lipinski definition) is 4. The number of benzene rings is 1. The van der Waals surface area contributed by atoms with Crippen molar-refractivity contribution in [3.05, 3.63) is 40.5 Å². The molecule has 1 aromatic heterocycles. The summed E-state index contributed by atoms with van der Waals surface area (Å²) in [5, 5.41) is 8.46. The van der Waals surface area contributed by atoms with E-state index < -0.39 is 0 Å². The Labute approximate surface area is 123 Å². The number of aromatic nitrogens is 1. The molecular formula is C16H19N3S. The van der Waals surface area contributed by atoms with Crippen LogP contribution in [0.4, 0.5) is 0 Å². The summed E-state index contributed by atoms with van der Waals surface area (Å²) in [6.07, 6.45) is 2.88. The number of thiazole rings is 1. The molecule has 1 heterocycles. The van der Waals surface area contributed by atoms with Crippen LogP contribution in [-0.2, 0) is 0 Å². The molecule has 2 aromatic rings. The van der Waals surface area contributed by atoms with Gasteiger partial charge in [0, 0.05) is 11.3 Å². The second-order valence-electron chi connectivity index (χ2n) is 6.25. The lowest BCUT2D eigenvalue weighted by molar-refractivity contribution is 0.315. The molecular weight excluding hydrogens is 266 g/mol. The first kappa shape index (κ1) is 13.3. The van der Waals surface area contributed by atoms with Gasteiger partial charge in [-0.2, -0.15) is 0 Å². The Morgan fingerprint density at radius 2 is 2.20 bits per heavy atom. The highest BCUT2D eigenvalue weighted by Gasteiger charge is 2.27. The molecule has 1 aliphatic carbocycles. The van der Waals surface area contributed by atoms with Crippen LogP contribution in [0.3, 0.4) is 0 Å². The van der Waals surface area contributed by atoms with Crippen LogP contribution in [0, 0.1) is 10.8 Å². The minimum atomic E-state index is 0.259. The first-order valence-electron chi connectivity index (χ1n) is 6.86. The van der Waals surface area contributed by atoms with E-state index in [0.717, 1.165) is 46.3 Å². The van der Waals surface area contributed by atoms with E-state index in [1.54, 1.807) is 11.3 Å². The smallest absolute Gasteiger partial charge is 0.0812 e. The molecule has 0 saturated heterocycles. The van der Waals surface area contributed by atoms with Gasteiger partial charge in [0.25, 0.3) is 0 Å². The van der Waals surface area contributed by atoms with Gasteiger partial charge in [0.2, 0.25) is 0 Å². The van der Waals surface area contributed by atoms with Crippen molar-refractivity contribution in [2.24, 2.45) is 11.1 Å². The van der Waals surface area contributed by atoms with Gasteiger partial charge in [-0.3, -0.25) is 5.41 Å². The van der Waals surface area contributed by atoms with Crippen molar-refractivity contribution in [1.29, 1.82) is 5.41 Å². The fraction of sp³-hybridized carbons (Fsp3) is 0.375. The molecule has 4 heteroatoms. The fourth-order valence-electron chi connectivity index (χ4n) is 2.80. The average Bonchev–Trinajstić information content (AvgIpc) is 2.84. The van der Waals surface area contributed by atoms with E-state index in [9.17, 15) is 0 Å². The van der Waals surface area contributed by atoms with Crippen molar-refractivity contribution < 1.29 is 0 Å². The molecule has 3 N–H and O–H groups in total. The monoisotopic (exact) mass is 285 g/mol. The lowest BCUT2D eigenvalue weighted by Gasteiger charge is -2.31. The third kappa shape index (κ3) is 2.36. The van der Waals surface area contributed by atoms with E-state index in [0.29, 0.717) is 5.71 Å². The van der Waals surface area contributed by atoms with Gasteiger partial charge < -0.3 is 5.73 Å². The van der Waals surface area contributed by atoms with Crippen LogP contribution in [0.5, 0.6) is 0 Å². The van der Waals surface area contributed by atoms with Crippen molar-refractivity contribution >= 4 is 27.3 Å². The minimum Gasteiger partial charge on any atom is -0.402 e. The molecule has 1 aliphatic rings. The third-order valence-electron chi connectivity index (χ3n) is 4.03. The lowest BCUT2D eigenvalue weighted by Crippen LogP contribution is -2.25. The molecule has 0 radical (unpaired) electrons. The Kier molecular flexibility index (Phi) is 3.13. The number of rotatable bonds is 2. The van der Waals surface area contributed by atoms with Gasteiger partial charge in [-0.1, -0.05) is 19.9 Å². The maximum atomic E-state index is 8.46. The molecule has 3 nitrogen and oxygen atoms in total. The molecule has 0 unspecified atom stereocenters. The molecule has 0 amide bonds. The number of fused-ring (bicyclic) bond motifs is 1. The van der Waals surface area contributed by atoms with E-state index in [1.165, 1.54) is 0 Å². The van der Waals surface area contributed by atoms with E-state index >= 15 is 0 Å². The van der Waals surface area contributed by atoms with Crippen molar-refractivity contribution in [2.45, 2.75) is 33.1 Å². The minimum absolute atomic E-state index is 0.259. The highest BCUT2D eigenvalue weighted by Crippen LogP contribution is 2.37. The third-order valence-corrected chi connectivity index (χ3v) is 4.82. The summed E-state index contributed by atoms with van der Waals surface area (Å²) >= 11 is 1.61. The van der Waals surface area contributed by atoms with Gasteiger partial charge in [-0.25, -0.2) is 4.98 Å². The van der Waals surface area contributed by atoms with Crippen LogP contribution in [0.15, 0.2) is 35.0 Å². The number of nitrogens with zero attached hydrogens (tertiary/aromatic N) is 1. The SMILES string of the molecule is CC1(C)CCC(C(=N)c2ccc3ncsc3c2)=C(N)C1. The molecule has 0 spiro atoms. The highest BCUT2D eigenvalue weighted by atomic mass is 32.1. The van der Waals surface area contributed by atoms with Crippen LogP contribution >= 0.6 is 11.3 Å². The van der Waals surface area contributed by atoms with E-state index in [1.807, 2.05) is 17.6 Å². The first-order valence-corrected chi connectivity index (χ1v) is 7.74. The normalized spacial score (nSPS) is 18.5. The lowest BCUT2D eigenvalue weighted by atomic mass is 9.75. The van der Waals surface area contributed by atoms with Crippen molar-refractivity contribution in [2.75, 3.05) is 0 Å². The summed E-state index contributed by atoms with van der Waals surface area (Å²) in [5.74, 6) is 0. The fourth-order valence-corrected chi connectivity index (χ4v) is 3.52. The van der Waals surface area contributed by atoms with E-state index in [4.69, 9.17) is 11.1 Å². The number of nitrogens with two attached hydrogens (primary N) is 1. The van der Waals surface area contributed by atoms with Crippen molar-refractivity contribution in [3.63, 3.8) is 0 Å². The molecule has 0 aliphatic heterocycles. The van der Waals surface area contributed by atoms with Gasteiger partial charge in [0.05, 0.1) is 21.4 Å². The second kappa shape index (κ2) is 4.70. The molecule has 20 heavy (non-hydrogen) atoms. The number of hydrogen-bond donors (Lipinski definition) is 2. The van der Waals surface area contributed by atoms with Crippen molar-refractivity contribution in [3.8, 4) is 0 Å². The Morgan fingerprint density at radius 1 is 1.40 bits per heavy atom. The van der Waals surface area contributed by atoms with E-state index in [2.05, 4.69) is 24.9 Å². The summed E-state index contributed by atoms with van der Waals surface area (Å²) < 4.78 is 1.13. The maximum Gasteiger partial charge on any atom is 0.0812 e. The Hall–Kier alpha value is -1.68. The molecule has 1 aromatic carbocycles. The Morgan fingerprint density at radius 3 is 2.95 bits per heavy atom. The predicted molar refractivity (Wildman–Crippen MR) is 85.3 cm³/mol. The van der Waals surface area contributed by atoms with Gasteiger partial charge in [-0.05, 0) is 42.4 Å². The van der Waals surface area contributed by atoms with Crippen LogP contribution in [0.25, 0.3) is 10.2 Å². The Balaban J connectivity index is 1.96. The molecule has 0 saturated carbocycles. The van der Waals surface area contributed by atoms with Gasteiger partial charge in [0.15, 0.2) is 0 Å². The molecule has 3 rings (SSSR count). The van der Waals surface area contributed by atoms with Crippen molar-refractivity contribution in [1.82, 2.24) is 4.98 Å². The van der Waals surface area contributed by atoms with Crippen LogP contribution in [0.2, 0.25) is 0 Å². The number of nitrogens with one attached hydrogen (secondary N) is 1. The largest absolute Gasteiger partial charge is 0.402 e. The predicted octanol–water partition coefficient (Wildman–Crippen LogP) is 4.09. The summed E-state index contributed by atoms with van der Waals surface area (Å²) in [5.41, 5.74) is 12.7. The second-order valence-corrected chi connectivity index (χ2v) is 7.14. The quantitative estimate of drug-likeness (QED) is 0.816. The summed E-state index contributed by atoms with van der Waals surface area (Å²) in [7, 11) is 0. The standard InChI is InChI=1S/C16H19N3S/c1-16(2)6-5-11(12(17)8-16)15(18)10-3-4-13-14(7-10)20-9-19-13/h3-4,7,9,18H,5-6,8,17H2,1-2H3. The Bertz CT molecular complexity index is 709. The summed E-state index contributed by atoms with van der Waals surface area (Å²) in [6.45, 7) is 4.48. The number of allylic oxidation sites excluding steroid dienone is 2. The van der Waals surface area contributed by atoms with Gasteiger partial charge in [0.1, 0.15) is 0 Å². The molecule has 0 bridgehead atoms. The highest BCUT2D eigenvalue weighted by molar-refractivity contribution is 7.16.